The first kappa shape index (κ1) is 24.7. The number of hydrogen-bond acceptors (Lipinski definition) is 6. The number of hydrogen-bond donors (Lipinski definition) is 3. The van der Waals surface area contributed by atoms with Gasteiger partial charge in [0.15, 0.2) is 0 Å². The molecule has 0 amide bonds. The number of fused-ring (bicyclic) bond motifs is 2. The highest BCUT2D eigenvalue weighted by Gasteiger charge is 2.16. The second-order valence-corrected chi connectivity index (χ2v) is 11.0. The molecule has 11 heteroatoms. The molecule has 4 heterocycles. The van der Waals surface area contributed by atoms with E-state index in [4.69, 9.17) is 4.74 Å². The van der Waals surface area contributed by atoms with Crippen LogP contribution in [0.5, 0.6) is 5.75 Å². The van der Waals surface area contributed by atoms with Gasteiger partial charge < -0.3 is 9.72 Å². The third-order valence-electron chi connectivity index (χ3n) is 6.42. The third-order valence-corrected chi connectivity index (χ3v) is 7.09. The lowest BCUT2D eigenvalue weighted by molar-refractivity contribution is 0.413. The molecule has 0 saturated heterocycles. The summed E-state index contributed by atoms with van der Waals surface area (Å²) < 4.78 is 45.3. The second-order valence-electron chi connectivity index (χ2n) is 9.19. The molecular weight excluding hydrogens is 519 g/mol. The van der Waals surface area contributed by atoms with Crippen LogP contribution in [0.3, 0.4) is 0 Å². The Hall–Kier alpha value is -4.61. The zero-order chi connectivity index (χ0) is 27.1. The summed E-state index contributed by atoms with van der Waals surface area (Å²) in [5.41, 5.74) is 6.62. The summed E-state index contributed by atoms with van der Waals surface area (Å²) in [6.07, 6.45) is 6.16. The Kier molecular flexibility index (Phi) is 6.09. The Bertz CT molecular complexity index is 1970. The Morgan fingerprint density at radius 2 is 1.85 bits per heavy atom. The van der Waals surface area contributed by atoms with E-state index in [1.807, 2.05) is 36.4 Å². The molecule has 0 atom stereocenters. The first-order chi connectivity index (χ1) is 18.8. The minimum absolute atomic E-state index is 0.00358. The van der Waals surface area contributed by atoms with Crippen LogP contribution in [-0.4, -0.2) is 46.9 Å². The Morgan fingerprint density at radius 3 is 2.67 bits per heavy atom. The number of sulfonamides is 1. The molecule has 196 valence electrons. The van der Waals surface area contributed by atoms with Crippen molar-refractivity contribution in [2.75, 3.05) is 13.4 Å². The molecule has 0 fully saturated rings. The lowest BCUT2D eigenvalue weighted by Crippen LogP contribution is -2.21. The molecule has 0 aliphatic rings. The predicted octanol–water partition coefficient (Wildman–Crippen LogP) is 5.03. The van der Waals surface area contributed by atoms with E-state index >= 15 is 0 Å². The van der Waals surface area contributed by atoms with Crippen LogP contribution < -0.4 is 9.46 Å². The fourth-order valence-corrected chi connectivity index (χ4v) is 5.04. The predicted molar refractivity (Wildman–Crippen MR) is 148 cm³/mol. The number of rotatable bonds is 7. The van der Waals surface area contributed by atoms with E-state index in [9.17, 15) is 12.8 Å². The molecule has 3 N–H and O–H groups in total. The molecule has 39 heavy (non-hydrogen) atoms. The summed E-state index contributed by atoms with van der Waals surface area (Å²) in [7, 11) is -1.82. The number of benzene rings is 2. The number of aromatic nitrogens is 5. The molecule has 0 unspecified atom stereocenters. The number of nitrogens with one attached hydrogen (secondary N) is 3. The van der Waals surface area contributed by atoms with Gasteiger partial charge in [0.25, 0.3) is 0 Å². The average molecular weight is 543 g/mol. The standard InChI is InChI=1S/C28H23FN6O3S/c1-38-20-9-18(13-30-14-20)25-11-23-27(15-31-25)34-35-28(23)26-10-22-21(4-3-5-24(22)33-26)17-6-16(7-19(29)8-17)12-32-39(2,36)37/h3-11,13-15,32-33H,12H2,1-2H3,(H,34,35). The van der Waals surface area contributed by atoms with Crippen molar-refractivity contribution in [1.82, 2.24) is 29.9 Å². The summed E-state index contributed by atoms with van der Waals surface area (Å²) in [5, 5.41) is 9.34. The highest BCUT2D eigenvalue weighted by Crippen LogP contribution is 2.35. The van der Waals surface area contributed by atoms with Crippen molar-refractivity contribution >= 4 is 31.8 Å². The number of H-pyrrole nitrogens is 2. The molecule has 6 rings (SSSR count). The van der Waals surface area contributed by atoms with Crippen LogP contribution in [0.15, 0.2) is 73.2 Å². The summed E-state index contributed by atoms with van der Waals surface area (Å²) in [5.74, 6) is 0.188. The number of nitrogens with zero attached hydrogens (tertiary/aromatic N) is 3. The Balaban J connectivity index is 1.42. The zero-order valence-electron chi connectivity index (χ0n) is 21.0. The van der Waals surface area contributed by atoms with Crippen LogP contribution in [0.2, 0.25) is 0 Å². The quantitative estimate of drug-likeness (QED) is 0.260. The SMILES string of the molecule is COc1cncc(-c2cc3c(-c4cc5c(-c6cc(F)cc(CNS(C)(=O)=O)c6)cccc5[nH]4)n[nH]c3cn2)c1. The van der Waals surface area contributed by atoms with Crippen LogP contribution in [-0.2, 0) is 16.6 Å². The lowest BCUT2D eigenvalue weighted by atomic mass is 9.99. The molecule has 4 aromatic heterocycles. The topological polar surface area (TPSA) is 126 Å². The molecule has 9 nitrogen and oxygen atoms in total. The van der Waals surface area contributed by atoms with E-state index in [0.29, 0.717) is 22.6 Å². The maximum absolute atomic E-state index is 14.5. The number of ether oxygens (including phenoxy) is 1. The number of halogens is 1. The van der Waals surface area contributed by atoms with E-state index in [-0.39, 0.29) is 6.54 Å². The average Bonchev–Trinajstić information content (AvgIpc) is 3.55. The van der Waals surface area contributed by atoms with Gasteiger partial charge in [0.2, 0.25) is 10.0 Å². The van der Waals surface area contributed by atoms with E-state index in [1.54, 1.807) is 31.8 Å². The van der Waals surface area contributed by atoms with Gasteiger partial charge in [0.1, 0.15) is 17.3 Å². The summed E-state index contributed by atoms with van der Waals surface area (Å²) in [6.45, 7) is -0.00358. The van der Waals surface area contributed by atoms with Crippen LogP contribution in [0.25, 0.3) is 55.6 Å². The monoisotopic (exact) mass is 542 g/mol. The minimum Gasteiger partial charge on any atom is -0.495 e. The highest BCUT2D eigenvalue weighted by molar-refractivity contribution is 7.88. The molecule has 0 saturated carbocycles. The van der Waals surface area contributed by atoms with Crippen LogP contribution in [0.1, 0.15) is 5.56 Å². The van der Waals surface area contributed by atoms with Crippen LogP contribution in [0, 0.1) is 5.82 Å². The molecule has 6 aromatic rings. The Morgan fingerprint density at radius 1 is 0.974 bits per heavy atom. The number of aromatic amines is 2. The van der Waals surface area contributed by atoms with Crippen LogP contribution in [0.4, 0.5) is 4.39 Å². The smallest absolute Gasteiger partial charge is 0.209 e. The second kappa shape index (κ2) is 9.61. The molecule has 2 aromatic carbocycles. The van der Waals surface area contributed by atoms with Crippen molar-refractivity contribution in [3.63, 3.8) is 0 Å². The van der Waals surface area contributed by atoms with Crippen molar-refractivity contribution in [1.29, 1.82) is 0 Å². The maximum Gasteiger partial charge on any atom is 0.209 e. The van der Waals surface area contributed by atoms with E-state index < -0.39 is 15.8 Å². The maximum atomic E-state index is 14.5. The largest absolute Gasteiger partial charge is 0.495 e. The van der Waals surface area contributed by atoms with Crippen molar-refractivity contribution in [3.05, 3.63) is 84.6 Å². The molecule has 0 aliphatic carbocycles. The van der Waals surface area contributed by atoms with Gasteiger partial charge in [-0.3, -0.25) is 15.1 Å². The first-order valence-corrected chi connectivity index (χ1v) is 13.9. The molecule has 0 radical (unpaired) electrons. The van der Waals surface area contributed by atoms with E-state index in [1.165, 1.54) is 12.1 Å². The summed E-state index contributed by atoms with van der Waals surface area (Å²) in [6, 6.07) is 16.1. The van der Waals surface area contributed by atoms with Gasteiger partial charge in [-0.25, -0.2) is 17.5 Å². The summed E-state index contributed by atoms with van der Waals surface area (Å²) in [4.78, 5) is 12.2. The first-order valence-electron chi connectivity index (χ1n) is 12.0. The van der Waals surface area contributed by atoms with E-state index in [2.05, 4.69) is 29.9 Å². The van der Waals surface area contributed by atoms with Crippen molar-refractivity contribution in [2.24, 2.45) is 0 Å². The number of methoxy groups -OCH3 is 1. The van der Waals surface area contributed by atoms with Gasteiger partial charge in [0.05, 0.1) is 42.7 Å². The molecular formula is C28H23FN6O3S. The van der Waals surface area contributed by atoms with Gasteiger partial charge in [-0.15, -0.1) is 0 Å². The molecule has 0 bridgehead atoms. The normalized spacial score (nSPS) is 11.9. The fourth-order valence-electron chi connectivity index (χ4n) is 4.61. The lowest BCUT2D eigenvalue weighted by Gasteiger charge is -2.08. The van der Waals surface area contributed by atoms with Crippen molar-refractivity contribution in [2.45, 2.75) is 6.54 Å². The molecule has 0 aliphatic heterocycles. The van der Waals surface area contributed by atoms with Crippen molar-refractivity contribution in [3.8, 4) is 39.5 Å². The number of pyridine rings is 2. The van der Waals surface area contributed by atoms with E-state index in [0.717, 1.165) is 50.6 Å². The van der Waals surface area contributed by atoms with Crippen LogP contribution >= 0.6 is 0 Å². The zero-order valence-corrected chi connectivity index (χ0v) is 21.8. The van der Waals surface area contributed by atoms with Crippen molar-refractivity contribution < 1.29 is 17.5 Å². The molecule has 0 spiro atoms. The van der Waals surface area contributed by atoms with Gasteiger partial charge in [-0.1, -0.05) is 12.1 Å². The van der Waals surface area contributed by atoms with Gasteiger partial charge in [-0.2, -0.15) is 5.10 Å². The van der Waals surface area contributed by atoms with Gasteiger partial charge >= 0.3 is 0 Å². The third kappa shape index (κ3) is 4.97. The fraction of sp³-hybridized carbons (Fsp3) is 0.107. The minimum atomic E-state index is -3.41. The van der Waals surface area contributed by atoms with Gasteiger partial charge in [0, 0.05) is 34.6 Å². The Labute approximate surface area is 223 Å². The highest BCUT2D eigenvalue weighted by atomic mass is 32.2. The summed E-state index contributed by atoms with van der Waals surface area (Å²) >= 11 is 0. The van der Waals surface area contributed by atoms with Gasteiger partial charge in [-0.05, 0) is 59.2 Å².